The Morgan fingerprint density at radius 1 is 1.29 bits per heavy atom. The molecule has 3 rings (SSSR count). The van der Waals surface area contributed by atoms with Crippen molar-refractivity contribution in [3.8, 4) is 11.8 Å². The third-order valence-corrected chi connectivity index (χ3v) is 3.56. The number of nitrogens with one attached hydrogen (secondary N) is 2. The van der Waals surface area contributed by atoms with Gasteiger partial charge in [-0.1, -0.05) is 24.3 Å². The van der Waals surface area contributed by atoms with E-state index in [0.717, 1.165) is 11.0 Å². The third-order valence-electron chi connectivity index (χ3n) is 3.56. The quantitative estimate of drug-likeness (QED) is 0.756. The number of nitriles is 1. The van der Waals surface area contributed by atoms with Crippen molar-refractivity contribution in [1.82, 2.24) is 15.3 Å². The van der Waals surface area contributed by atoms with E-state index in [9.17, 15) is 4.79 Å². The van der Waals surface area contributed by atoms with Crippen LogP contribution in [-0.2, 0) is 4.79 Å². The summed E-state index contributed by atoms with van der Waals surface area (Å²) in [6.45, 7) is 1.68. The van der Waals surface area contributed by atoms with E-state index in [2.05, 4.69) is 15.3 Å². The lowest BCUT2D eigenvalue weighted by Gasteiger charge is -2.12. The number of ether oxygens (including phenoxy) is 1. The minimum atomic E-state index is -0.282. The highest BCUT2D eigenvalue weighted by atomic mass is 16.5. The Bertz CT molecular complexity index is 878. The summed E-state index contributed by atoms with van der Waals surface area (Å²) >= 11 is 0. The standard InChI is InChI=1S/C18H16N4O2/c1-12(18-21-14-7-3-4-8-15(14)22-18)20-17(23)11-24-16-9-5-2-6-13(16)10-19/h2-9,12H,11H2,1H3,(H,20,23)(H,21,22)/t12-/m0/s1. The summed E-state index contributed by atoms with van der Waals surface area (Å²) in [5, 5.41) is 11.8. The van der Waals surface area contributed by atoms with Crippen LogP contribution in [0.2, 0.25) is 0 Å². The zero-order valence-electron chi connectivity index (χ0n) is 13.1. The summed E-state index contributed by atoms with van der Waals surface area (Å²) in [4.78, 5) is 19.7. The molecule has 0 radical (unpaired) electrons. The zero-order chi connectivity index (χ0) is 16.9. The van der Waals surface area contributed by atoms with Crippen LogP contribution in [-0.4, -0.2) is 22.5 Å². The molecule has 0 saturated heterocycles. The number of carbonyl (C=O) groups is 1. The highest BCUT2D eigenvalue weighted by Gasteiger charge is 2.14. The maximum atomic E-state index is 12.1. The van der Waals surface area contributed by atoms with Gasteiger partial charge in [-0.15, -0.1) is 0 Å². The van der Waals surface area contributed by atoms with Gasteiger partial charge in [-0.25, -0.2) is 4.98 Å². The van der Waals surface area contributed by atoms with Crippen LogP contribution in [0.1, 0.15) is 24.4 Å². The molecule has 1 aromatic heterocycles. The lowest BCUT2D eigenvalue weighted by molar-refractivity contribution is -0.123. The maximum absolute atomic E-state index is 12.1. The van der Waals surface area contributed by atoms with E-state index in [4.69, 9.17) is 10.00 Å². The van der Waals surface area contributed by atoms with Gasteiger partial charge < -0.3 is 15.0 Å². The maximum Gasteiger partial charge on any atom is 0.258 e. The molecule has 2 aromatic carbocycles. The molecule has 0 bridgehead atoms. The molecule has 0 fully saturated rings. The first kappa shape index (κ1) is 15.6. The molecule has 0 aliphatic carbocycles. The predicted molar refractivity (Wildman–Crippen MR) is 89.3 cm³/mol. The van der Waals surface area contributed by atoms with E-state index < -0.39 is 0 Å². The van der Waals surface area contributed by atoms with Crippen LogP contribution >= 0.6 is 0 Å². The molecular formula is C18H16N4O2. The Morgan fingerprint density at radius 3 is 2.83 bits per heavy atom. The molecule has 0 spiro atoms. The van der Waals surface area contributed by atoms with Crippen LogP contribution in [0.5, 0.6) is 5.75 Å². The number of carbonyl (C=O) groups excluding carboxylic acids is 1. The van der Waals surface area contributed by atoms with E-state index in [0.29, 0.717) is 17.1 Å². The van der Waals surface area contributed by atoms with Gasteiger partial charge in [0.2, 0.25) is 0 Å². The van der Waals surface area contributed by atoms with Crippen LogP contribution in [0.15, 0.2) is 48.5 Å². The second-order valence-corrected chi connectivity index (χ2v) is 5.33. The summed E-state index contributed by atoms with van der Waals surface area (Å²) in [5.74, 6) is 0.796. The van der Waals surface area contributed by atoms with Gasteiger partial charge in [-0.05, 0) is 31.2 Å². The molecule has 0 aliphatic rings. The number of hydrogen-bond donors (Lipinski definition) is 2. The summed E-state index contributed by atoms with van der Waals surface area (Å²) < 4.78 is 5.42. The van der Waals surface area contributed by atoms with Gasteiger partial charge in [-0.2, -0.15) is 5.26 Å². The largest absolute Gasteiger partial charge is 0.482 e. The second-order valence-electron chi connectivity index (χ2n) is 5.33. The van der Waals surface area contributed by atoms with Crippen LogP contribution in [0, 0.1) is 11.3 Å². The number of fused-ring (bicyclic) bond motifs is 1. The van der Waals surface area contributed by atoms with Crippen molar-refractivity contribution in [2.75, 3.05) is 6.61 Å². The summed E-state index contributed by atoms with van der Waals surface area (Å²) in [7, 11) is 0. The van der Waals surface area contributed by atoms with Crippen LogP contribution in [0.3, 0.4) is 0 Å². The Balaban J connectivity index is 1.61. The molecular weight excluding hydrogens is 304 g/mol. The number of aromatic amines is 1. The van der Waals surface area contributed by atoms with Crippen LogP contribution in [0.25, 0.3) is 11.0 Å². The molecule has 1 atom stereocenters. The van der Waals surface area contributed by atoms with Crippen LogP contribution in [0.4, 0.5) is 0 Å². The monoisotopic (exact) mass is 320 g/mol. The SMILES string of the molecule is C[C@H](NC(=O)COc1ccccc1C#N)c1nc2ccccc2[nH]1. The molecule has 6 heteroatoms. The van der Waals surface area contributed by atoms with Crippen molar-refractivity contribution in [3.63, 3.8) is 0 Å². The highest BCUT2D eigenvalue weighted by Crippen LogP contribution is 2.17. The fourth-order valence-corrected chi connectivity index (χ4v) is 2.36. The highest BCUT2D eigenvalue weighted by molar-refractivity contribution is 5.78. The molecule has 24 heavy (non-hydrogen) atoms. The van der Waals surface area contributed by atoms with Gasteiger partial charge in [0.05, 0.1) is 22.6 Å². The fourth-order valence-electron chi connectivity index (χ4n) is 2.36. The van der Waals surface area contributed by atoms with Crippen molar-refractivity contribution in [3.05, 3.63) is 59.9 Å². The lowest BCUT2D eigenvalue weighted by atomic mass is 10.2. The Morgan fingerprint density at radius 2 is 2.04 bits per heavy atom. The number of hydrogen-bond acceptors (Lipinski definition) is 4. The van der Waals surface area contributed by atoms with E-state index in [1.807, 2.05) is 37.3 Å². The molecule has 6 nitrogen and oxygen atoms in total. The average Bonchev–Trinajstić information content (AvgIpc) is 3.04. The number of imidazole rings is 1. The first-order chi connectivity index (χ1) is 11.7. The number of H-pyrrole nitrogens is 1. The fraction of sp³-hybridized carbons (Fsp3) is 0.167. The number of nitrogens with zero attached hydrogens (tertiary/aromatic N) is 2. The summed E-state index contributed by atoms with van der Waals surface area (Å²) in [6.07, 6.45) is 0. The van der Waals surface area contributed by atoms with Crippen molar-refractivity contribution in [2.24, 2.45) is 0 Å². The number of benzene rings is 2. The Labute approximate surface area is 139 Å². The third kappa shape index (κ3) is 3.36. The smallest absolute Gasteiger partial charge is 0.258 e. The summed E-state index contributed by atoms with van der Waals surface area (Å²) in [6, 6.07) is 16.2. The molecule has 3 aromatic rings. The molecule has 120 valence electrons. The van der Waals surface area contributed by atoms with Gasteiger partial charge in [0.15, 0.2) is 6.61 Å². The second kappa shape index (κ2) is 6.84. The van der Waals surface area contributed by atoms with E-state index >= 15 is 0 Å². The van der Waals surface area contributed by atoms with Crippen molar-refractivity contribution in [2.45, 2.75) is 13.0 Å². The lowest BCUT2D eigenvalue weighted by Crippen LogP contribution is -2.31. The number of para-hydroxylation sites is 3. The minimum Gasteiger partial charge on any atom is -0.482 e. The van der Waals surface area contributed by atoms with Crippen molar-refractivity contribution >= 4 is 16.9 Å². The van der Waals surface area contributed by atoms with Gasteiger partial charge in [-0.3, -0.25) is 4.79 Å². The predicted octanol–water partition coefficient (Wildman–Crippen LogP) is 2.69. The number of amides is 1. The van der Waals surface area contributed by atoms with Gasteiger partial charge in [0.25, 0.3) is 5.91 Å². The minimum absolute atomic E-state index is 0.163. The normalized spacial score (nSPS) is 11.7. The first-order valence-electron chi connectivity index (χ1n) is 7.53. The molecule has 0 aliphatic heterocycles. The molecule has 2 N–H and O–H groups in total. The van der Waals surface area contributed by atoms with E-state index in [1.54, 1.807) is 24.3 Å². The van der Waals surface area contributed by atoms with Crippen molar-refractivity contribution < 1.29 is 9.53 Å². The molecule has 0 saturated carbocycles. The number of rotatable bonds is 5. The zero-order valence-corrected chi connectivity index (χ0v) is 13.1. The first-order valence-corrected chi connectivity index (χ1v) is 7.53. The Hall–Kier alpha value is -3.33. The van der Waals surface area contributed by atoms with Gasteiger partial charge in [0.1, 0.15) is 17.6 Å². The number of aromatic nitrogens is 2. The van der Waals surface area contributed by atoms with Gasteiger partial charge in [0, 0.05) is 0 Å². The Kier molecular flexibility index (Phi) is 4.43. The molecule has 1 amide bonds. The molecule has 1 heterocycles. The van der Waals surface area contributed by atoms with E-state index in [-0.39, 0.29) is 18.6 Å². The average molecular weight is 320 g/mol. The van der Waals surface area contributed by atoms with Gasteiger partial charge >= 0.3 is 0 Å². The topological polar surface area (TPSA) is 90.8 Å². The van der Waals surface area contributed by atoms with E-state index in [1.165, 1.54) is 0 Å². The summed E-state index contributed by atoms with van der Waals surface area (Å²) in [5.41, 5.74) is 2.18. The van der Waals surface area contributed by atoms with Crippen LogP contribution < -0.4 is 10.1 Å². The molecule has 0 unspecified atom stereocenters. The van der Waals surface area contributed by atoms with Crippen molar-refractivity contribution in [1.29, 1.82) is 5.26 Å².